The van der Waals surface area contributed by atoms with Crippen LogP contribution < -0.4 is 10.6 Å². The van der Waals surface area contributed by atoms with E-state index >= 15 is 0 Å². The minimum absolute atomic E-state index is 0. The Kier molecular flexibility index (Phi) is 6.27. The van der Waals surface area contributed by atoms with Gasteiger partial charge in [0.15, 0.2) is 0 Å². The molecule has 0 unspecified atom stereocenters. The minimum atomic E-state index is -0.0100. The molecule has 1 saturated heterocycles. The molecule has 0 saturated carbocycles. The van der Waals surface area contributed by atoms with E-state index in [1.54, 1.807) is 0 Å². The van der Waals surface area contributed by atoms with Crippen LogP contribution in [0.5, 0.6) is 0 Å². The summed E-state index contributed by atoms with van der Waals surface area (Å²) < 4.78 is 0.764. The molecule has 1 aromatic rings. The van der Waals surface area contributed by atoms with Gasteiger partial charge in [-0.1, -0.05) is 18.0 Å². The Morgan fingerprint density at radius 1 is 1.53 bits per heavy atom. The number of amides is 1. The summed E-state index contributed by atoms with van der Waals surface area (Å²) in [5, 5.41) is 6.16. The fraction of sp³-hybridized carbons (Fsp3) is 0.545. The minimum Gasteiger partial charge on any atom is -0.350 e. The lowest BCUT2D eigenvalue weighted by atomic mass is 10.0. The van der Waals surface area contributed by atoms with Gasteiger partial charge in [0.2, 0.25) is 5.91 Å². The van der Waals surface area contributed by atoms with Gasteiger partial charge < -0.3 is 10.6 Å². The zero-order chi connectivity index (χ0) is 11.4. The predicted molar refractivity (Wildman–Crippen MR) is 74.1 cm³/mol. The second-order valence-corrected chi connectivity index (χ2v) is 5.73. The fourth-order valence-corrected chi connectivity index (χ4v) is 2.85. The molecule has 0 spiro atoms. The van der Waals surface area contributed by atoms with E-state index in [9.17, 15) is 4.79 Å². The molecular weight excluding hydrogens is 279 g/mol. The van der Waals surface area contributed by atoms with Gasteiger partial charge >= 0.3 is 0 Å². The largest absolute Gasteiger partial charge is 0.350 e. The van der Waals surface area contributed by atoms with Gasteiger partial charge in [0.05, 0.1) is 16.9 Å². The summed E-state index contributed by atoms with van der Waals surface area (Å²) in [5.41, 5.74) is 0. The summed E-state index contributed by atoms with van der Waals surface area (Å²) in [5.74, 6) is 0.101. The summed E-state index contributed by atoms with van der Waals surface area (Å²) in [4.78, 5) is 12.9. The number of carbonyl (C=O) groups is 1. The van der Waals surface area contributed by atoms with Crippen LogP contribution in [0.1, 0.15) is 24.1 Å². The normalized spacial score (nSPS) is 19.5. The number of nitrogens with one attached hydrogen (secondary N) is 2. The Morgan fingerprint density at radius 2 is 2.35 bits per heavy atom. The van der Waals surface area contributed by atoms with Crippen LogP contribution in [-0.4, -0.2) is 18.5 Å². The first-order valence-corrected chi connectivity index (χ1v) is 6.70. The zero-order valence-electron chi connectivity index (χ0n) is 9.37. The van der Waals surface area contributed by atoms with Gasteiger partial charge in [-0.3, -0.25) is 4.79 Å². The Labute approximate surface area is 116 Å². The standard InChI is InChI=1S/C11H15ClN2OS.ClH/c12-10-5-4-8(16-10)7-14-11(15)9-3-1-2-6-13-9;/h4-5,9,13H,1-3,6-7H2,(H,14,15);1H/t9-;/m1./s1. The highest BCUT2D eigenvalue weighted by Gasteiger charge is 2.19. The zero-order valence-corrected chi connectivity index (χ0v) is 11.8. The molecule has 2 heterocycles. The highest BCUT2D eigenvalue weighted by Crippen LogP contribution is 2.21. The molecule has 6 heteroatoms. The first-order chi connectivity index (χ1) is 7.75. The van der Waals surface area contributed by atoms with Crippen molar-refractivity contribution in [3.63, 3.8) is 0 Å². The molecule has 0 radical (unpaired) electrons. The monoisotopic (exact) mass is 294 g/mol. The van der Waals surface area contributed by atoms with Crippen LogP contribution in [0, 0.1) is 0 Å². The van der Waals surface area contributed by atoms with Gasteiger partial charge in [0, 0.05) is 4.88 Å². The number of carbonyl (C=O) groups excluding carboxylic acids is 1. The molecule has 1 amide bonds. The van der Waals surface area contributed by atoms with Crippen molar-refractivity contribution in [2.75, 3.05) is 6.54 Å². The third-order valence-corrected chi connectivity index (χ3v) is 3.92. The molecular formula is C11H16Cl2N2OS. The van der Waals surface area contributed by atoms with E-state index in [1.807, 2.05) is 12.1 Å². The summed E-state index contributed by atoms with van der Waals surface area (Å²) in [7, 11) is 0. The van der Waals surface area contributed by atoms with Crippen molar-refractivity contribution >= 4 is 41.3 Å². The van der Waals surface area contributed by atoms with Crippen LogP contribution in [0.2, 0.25) is 4.34 Å². The van der Waals surface area contributed by atoms with E-state index in [1.165, 1.54) is 17.8 Å². The highest BCUT2D eigenvalue weighted by atomic mass is 35.5. The van der Waals surface area contributed by atoms with Crippen molar-refractivity contribution in [1.82, 2.24) is 10.6 Å². The number of thiophene rings is 1. The van der Waals surface area contributed by atoms with Gasteiger partial charge in [-0.15, -0.1) is 23.7 Å². The molecule has 0 aromatic carbocycles. The lowest BCUT2D eigenvalue weighted by Gasteiger charge is -2.22. The van der Waals surface area contributed by atoms with Crippen molar-refractivity contribution < 1.29 is 4.79 Å². The molecule has 0 bridgehead atoms. The summed E-state index contributed by atoms with van der Waals surface area (Å²) in [6.07, 6.45) is 3.25. The molecule has 1 aromatic heterocycles. The highest BCUT2D eigenvalue weighted by molar-refractivity contribution is 7.16. The quantitative estimate of drug-likeness (QED) is 0.900. The van der Waals surface area contributed by atoms with Crippen molar-refractivity contribution in [1.29, 1.82) is 0 Å². The predicted octanol–water partition coefficient (Wildman–Crippen LogP) is 2.58. The third kappa shape index (κ3) is 4.47. The molecule has 1 aliphatic heterocycles. The molecule has 0 aliphatic carbocycles. The molecule has 1 atom stereocenters. The van der Waals surface area contributed by atoms with Crippen molar-refractivity contribution in [2.45, 2.75) is 31.8 Å². The topological polar surface area (TPSA) is 41.1 Å². The Hall–Kier alpha value is -0.290. The molecule has 1 aliphatic rings. The molecule has 2 N–H and O–H groups in total. The number of halogens is 2. The van der Waals surface area contributed by atoms with Gasteiger partial charge in [-0.05, 0) is 31.5 Å². The molecule has 17 heavy (non-hydrogen) atoms. The second-order valence-electron chi connectivity index (χ2n) is 3.93. The van der Waals surface area contributed by atoms with Crippen LogP contribution >= 0.6 is 35.3 Å². The lowest BCUT2D eigenvalue weighted by Crippen LogP contribution is -2.46. The average molecular weight is 295 g/mol. The first-order valence-electron chi connectivity index (χ1n) is 5.51. The van der Waals surface area contributed by atoms with E-state index in [4.69, 9.17) is 11.6 Å². The summed E-state index contributed by atoms with van der Waals surface area (Å²) >= 11 is 7.32. The van der Waals surface area contributed by atoms with Crippen molar-refractivity contribution in [2.24, 2.45) is 0 Å². The number of hydrogen-bond donors (Lipinski definition) is 2. The average Bonchev–Trinajstić information content (AvgIpc) is 2.73. The summed E-state index contributed by atoms with van der Waals surface area (Å²) in [6.45, 7) is 1.53. The van der Waals surface area contributed by atoms with Crippen LogP contribution in [0.3, 0.4) is 0 Å². The number of hydrogen-bond acceptors (Lipinski definition) is 3. The van der Waals surface area contributed by atoms with Gasteiger partial charge in [-0.25, -0.2) is 0 Å². The third-order valence-electron chi connectivity index (χ3n) is 2.69. The number of piperidine rings is 1. The number of rotatable bonds is 3. The van der Waals surface area contributed by atoms with Gasteiger partial charge in [-0.2, -0.15) is 0 Å². The van der Waals surface area contributed by atoms with Gasteiger partial charge in [0.25, 0.3) is 0 Å². The van der Waals surface area contributed by atoms with E-state index in [-0.39, 0.29) is 24.4 Å². The molecule has 1 fully saturated rings. The SMILES string of the molecule is Cl.O=C(NCc1ccc(Cl)s1)[C@H]1CCCCN1. The van der Waals surface area contributed by atoms with E-state index in [0.29, 0.717) is 6.54 Å². The van der Waals surface area contributed by atoms with Crippen molar-refractivity contribution in [3.8, 4) is 0 Å². The van der Waals surface area contributed by atoms with Crippen LogP contribution in [-0.2, 0) is 11.3 Å². The lowest BCUT2D eigenvalue weighted by molar-refractivity contribution is -0.123. The van der Waals surface area contributed by atoms with Crippen molar-refractivity contribution in [3.05, 3.63) is 21.3 Å². The maximum atomic E-state index is 11.8. The molecule has 3 nitrogen and oxygen atoms in total. The van der Waals surface area contributed by atoms with E-state index in [0.717, 1.165) is 28.6 Å². The Bertz CT molecular complexity index is 364. The molecule has 96 valence electrons. The van der Waals surface area contributed by atoms with Crippen LogP contribution in [0.15, 0.2) is 12.1 Å². The maximum Gasteiger partial charge on any atom is 0.237 e. The Balaban J connectivity index is 0.00000144. The van der Waals surface area contributed by atoms with E-state index < -0.39 is 0 Å². The second kappa shape index (κ2) is 7.21. The van der Waals surface area contributed by atoms with Crippen LogP contribution in [0.25, 0.3) is 0 Å². The van der Waals surface area contributed by atoms with E-state index in [2.05, 4.69) is 10.6 Å². The summed E-state index contributed by atoms with van der Waals surface area (Å²) in [6, 6.07) is 3.79. The van der Waals surface area contributed by atoms with Gasteiger partial charge in [0.1, 0.15) is 0 Å². The first kappa shape index (κ1) is 14.8. The Morgan fingerprint density at radius 3 is 2.94 bits per heavy atom. The fourth-order valence-electron chi connectivity index (χ4n) is 1.82. The van der Waals surface area contributed by atoms with Crippen LogP contribution in [0.4, 0.5) is 0 Å². The smallest absolute Gasteiger partial charge is 0.237 e. The maximum absolute atomic E-state index is 11.8. The molecule has 2 rings (SSSR count).